The van der Waals surface area contributed by atoms with Crippen molar-refractivity contribution in [3.8, 4) is 5.75 Å². The molecule has 0 aliphatic heterocycles. The van der Waals surface area contributed by atoms with Gasteiger partial charge in [0, 0.05) is 5.56 Å². The van der Waals surface area contributed by atoms with Gasteiger partial charge in [-0.1, -0.05) is 25.4 Å². The first kappa shape index (κ1) is 15.0. The van der Waals surface area contributed by atoms with Gasteiger partial charge >= 0.3 is 0 Å². The number of Topliss-reactive ketones (excluding diaryl/α,β-unsaturated/α-hetero) is 1. The number of carbonyl (C=O) groups excluding carboxylic acids is 1. The zero-order chi connectivity index (χ0) is 13.7. The maximum atomic E-state index is 11.9. The number of carbonyl (C=O) groups is 1. The van der Waals surface area contributed by atoms with Gasteiger partial charge in [0.15, 0.2) is 5.78 Å². The fourth-order valence-corrected chi connectivity index (χ4v) is 1.58. The van der Waals surface area contributed by atoms with Crippen molar-refractivity contribution in [2.45, 2.75) is 26.9 Å². The minimum absolute atomic E-state index is 0.0580. The van der Waals surface area contributed by atoms with Gasteiger partial charge in [0.2, 0.25) is 0 Å². The highest BCUT2D eigenvalue weighted by atomic mass is 35.5. The van der Waals surface area contributed by atoms with Crippen LogP contribution in [-0.4, -0.2) is 25.6 Å². The van der Waals surface area contributed by atoms with E-state index in [9.17, 15) is 4.79 Å². The van der Waals surface area contributed by atoms with Crippen molar-refractivity contribution in [2.75, 3.05) is 13.7 Å². The lowest BCUT2D eigenvalue weighted by molar-refractivity contribution is 0.0336. The standard InChI is InChI=1S/C14H19ClO3/c1-9(2)10(3)18-8-13(16)11-5-6-14(17-4)12(15)7-11/h5-7,9-10H,8H2,1-4H3. The number of halogens is 1. The molecule has 18 heavy (non-hydrogen) atoms. The Hall–Kier alpha value is -1.06. The molecule has 0 aliphatic rings. The molecule has 1 aromatic carbocycles. The van der Waals surface area contributed by atoms with Crippen molar-refractivity contribution in [2.24, 2.45) is 5.92 Å². The van der Waals surface area contributed by atoms with Gasteiger partial charge in [-0.15, -0.1) is 0 Å². The van der Waals surface area contributed by atoms with E-state index in [-0.39, 0.29) is 18.5 Å². The fourth-order valence-electron chi connectivity index (χ4n) is 1.32. The summed E-state index contributed by atoms with van der Waals surface area (Å²) in [6, 6.07) is 4.98. The zero-order valence-electron chi connectivity index (χ0n) is 11.2. The van der Waals surface area contributed by atoms with Gasteiger partial charge in [-0.3, -0.25) is 4.79 Å². The summed E-state index contributed by atoms with van der Waals surface area (Å²) in [6.45, 7) is 6.14. The number of methoxy groups -OCH3 is 1. The normalized spacial score (nSPS) is 12.6. The lowest BCUT2D eigenvalue weighted by Crippen LogP contribution is -2.20. The molecule has 0 radical (unpaired) electrons. The topological polar surface area (TPSA) is 35.5 Å². The van der Waals surface area contributed by atoms with Gasteiger partial charge in [-0.2, -0.15) is 0 Å². The van der Waals surface area contributed by atoms with E-state index in [1.165, 1.54) is 7.11 Å². The van der Waals surface area contributed by atoms with E-state index < -0.39 is 0 Å². The molecule has 0 saturated heterocycles. The van der Waals surface area contributed by atoms with Gasteiger partial charge in [-0.05, 0) is 31.0 Å². The number of rotatable bonds is 6. The molecule has 1 aromatic rings. The highest BCUT2D eigenvalue weighted by Crippen LogP contribution is 2.25. The number of ketones is 1. The van der Waals surface area contributed by atoms with Crippen molar-refractivity contribution in [3.05, 3.63) is 28.8 Å². The lowest BCUT2D eigenvalue weighted by atomic mass is 10.1. The number of benzene rings is 1. The molecule has 4 heteroatoms. The monoisotopic (exact) mass is 270 g/mol. The van der Waals surface area contributed by atoms with E-state index in [1.807, 2.05) is 6.92 Å². The van der Waals surface area contributed by atoms with Crippen LogP contribution in [0.4, 0.5) is 0 Å². The first-order valence-electron chi connectivity index (χ1n) is 5.94. The van der Waals surface area contributed by atoms with Crippen LogP contribution in [0.1, 0.15) is 31.1 Å². The summed E-state index contributed by atoms with van der Waals surface area (Å²) in [5.74, 6) is 0.869. The van der Waals surface area contributed by atoms with E-state index in [0.717, 1.165) is 0 Å². The van der Waals surface area contributed by atoms with Gasteiger partial charge in [0.1, 0.15) is 12.4 Å². The van der Waals surface area contributed by atoms with Crippen LogP contribution in [0.15, 0.2) is 18.2 Å². The predicted molar refractivity (Wildman–Crippen MR) is 72.6 cm³/mol. The maximum absolute atomic E-state index is 11.9. The van der Waals surface area contributed by atoms with Gasteiger partial charge in [-0.25, -0.2) is 0 Å². The summed E-state index contributed by atoms with van der Waals surface area (Å²) >= 11 is 5.97. The van der Waals surface area contributed by atoms with Crippen LogP contribution in [0.3, 0.4) is 0 Å². The van der Waals surface area contributed by atoms with Crippen LogP contribution in [-0.2, 0) is 4.74 Å². The Labute approximate surface area is 113 Å². The molecule has 0 aromatic heterocycles. The molecule has 0 aliphatic carbocycles. The molecule has 1 unspecified atom stereocenters. The second-order valence-electron chi connectivity index (χ2n) is 4.53. The molecule has 0 spiro atoms. The van der Waals surface area contributed by atoms with Crippen molar-refractivity contribution >= 4 is 17.4 Å². The van der Waals surface area contributed by atoms with E-state index in [4.69, 9.17) is 21.1 Å². The smallest absolute Gasteiger partial charge is 0.188 e. The van der Waals surface area contributed by atoms with Crippen molar-refractivity contribution < 1.29 is 14.3 Å². The van der Waals surface area contributed by atoms with Crippen molar-refractivity contribution in [1.29, 1.82) is 0 Å². The molecular formula is C14H19ClO3. The first-order valence-corrected chi connectivity index (χ1v) is 6.31. The Morgan fingerprint density at radius 1 is 1.33 bits per heavy atom. The zero-order valence-corrected chi connectivity index (χ0v) is 12.0. The number of hydrogen-bond donors (Lipinski definition) is 0. The summed E-state index contributed by atoms with van der Waals surface area (Å²) < 4.78 is 10.5. The molecule has 1 rings (SSSR count). The highest BCUT2D eigenvalue weighted by Gasteiger charge is 2.13. The van der Waals surface area contributed by atoms with Gasteiger partial charge < -0.3 is 9.47 Å². The van der Waals surface area contributed by atoms with E-state index in [2.05, 4.69) is 13.8 Å². The number of hydrogen-bond acceptors (Lipinski definition) is 3. The van der Waals surface area contributed by atoms with E-state index in [1.54, 1.807) is 18.2 Å². The van der Waals surface area contributed by atoms with Crippen LogP contribution in [0, 0.1) is 5.92 Å². The molecule has 0 bridgehead atoms. The third-order valence-electron chi connectivity index (χ3n) is 2.89. The van der Waals surface area contributed by atoms with E-state index >= 15 is 0 Å². The minimum atomic E-state index is -0.0768. The molecule has 3 nitrogen and oxygen atoms in total. The largest absolute Gasteiger partial charge is 0.495 e. The third-order valence-corrected chi connectivity index (χ3v) is 3.19. The van der Waals surface area contributed by atoms with Crippen LogP contribution in [0.5, 0.6) is 5.75 Å². The summed E-state index contributed by atoms with van der Waals surface area (Å²) in [7, 11) is 1.54. The minimum Gasteiger partial charge on any atom is -0.495 e. The SMILES string of the molecule is COc1ccc(C(=O)COC(C)C(C)C)cc1Cl. The molecular weight excluding hydrogens is 252 g/mol. The Morgan fingerprint density at radius 2 is 2.00 bits per heavy atom. The van der Waals surface area contributed by atoms with Gasteiger partial charge in [0.05, 0.1) is 18.2 Å². The van der Waals surface area contributed by atoms with E-state index in [0.29, 0.717) is 22.3 Å². The third kappa shape index (κ3) is 4.00. The Bertz CT molecular complexity index is 416. The Kier molecular flexibility index (Phi) is 5.63. The van der Waals surface area contributed by atoms with Crippen LogP contribution in [0.2, 0.25) is 5.02 Å². The summed E-state index contributed by atoms with van der Waals surface area (Å²) in [5.41, 5.74) is 0.539. The van der Waals surface area contributed by atoms with Crippen LogP contribution in [0.25, 0.3) is 0 Å². The maximum Gasteiger partial charge on any atom is 0.188 e. The lowest BCUT2D eigenvalue weighted by Gasteiger charge is -2.16. The molecule has 0 heterocycles. The molecule has 0 saturated carbocycles. The first-order chi connectivity index (χ1) is 8.45. The Morgan fingerprint density at radius 3 is 2.50 bits per heavy atom. The Balaban J connectivity index is 2.65. The van der Waals surface area contributed by atoms with Crippen LogP contribution >= 0.6 is 11.6 Å². The molecule has 0 N–H and O–H groups in total. The second-order valence-corrected chi connectivity index (χ2v) is 4.94. The second kappa shape index (κ2) is 6.76. The number of ether oxygens (including phenoxy) is 2. The van der Waals surface area contributed by atoms with Gasteiger partial charge in [0.25, 0.3) is 0 Å². The molecule has 1 atom stereocenters. The quantitative estimate of drug-likeness (QED) is 0.741. The summed E-state index contributed by atoms with van der Waals surface area (Å²) in [5, 5.41) is 0.431. The average Bonchev–Trinajstić information content (AvgIpc) is 2.35. The predicted octanol–water partition coefficient (Wildman–Crippen LogP) is 3.59. The highest BCUT2D eigenvalue weighted by molar-refractivity contribution is 6.32. The molecule has 100 valence electrons. The average molecular weight is 271 g/mol. The van der Waals surface area contributed by atoms with Crippen molar-refractivity contribution in [3.63, 3.8) is 0 Å². The summed E-state index contributed by atoms with van der Waals surface area (Å²) in [4.78, 5) is 11.9. The molecule has 0 fully saturated rings. The van der Waals surface area contributed by atoms with Crippen molar-refractivity contribution in [1.82, 2.24) is 0 Å². The van der Waals surface area contributed by atoms with Crippen LogP contribution < -0.4 is 4.74 Å². The fraction of sp³-hybridized carbons (Fsp3) is 0.500. The summed E-state index contributed by atoms with van der Waals surface area (Å²) in [6.07, 6.45) is 0.0580. The molecule has 0 amide bonds.